The molecule has 1 saturated heterocycles. The summed E-state index contributed by atoms with van der Waals surface area (Å²) in [5.41, 5.74) is 3.69. The van der Waals surface area contributed by atoms with E-state index in [1.807, 2.05) is 41.3 Å². The molecule has 0 aliphatic carbocycles. The normalized spacial score (nSPS) is 17.5. The lowest BCUT2D eigenvalue weighted by Gasteiger charge is -2.22. The van der Waals surface area contributed by atoms with Crippen molar-refractivity contribution in [3.8, 4) is 0 Å². The molecule has 28 heavy (non-hydrogen) atoms. The average molecular weight is 375 g/mol. The van der Waals surface area contributed by atoms with Crippen LogP contribution in [-0.2, 0) is 11.2 Å². The number of nitrogens with zero attached hydrogens (tertiary/aromatic N) is 1. The second kappa shape index (κ2) is 9.18. The highest BCUT2D eigenvalue weighted by molar-refractivity contribution is 5.87. The fourth-order valence-electron chi connectivity index (χ4n) is 3.44. The van der Waals surface area contributed by atoms with Crippen molar-refractivity contribution in [3.63, 3.8) is 0 Å². The molecule has 0 radical (unpaired) electrons. The van der Waals surface area contributed by atoms with E-state index in [0.717, 1.165) is 18.4 Å². The largest absolute Gasteiger partial charge is 0.478 e. The fraction of sp³-hybridized carbons (Fsp3) is 0.250. The van der Waals surface area contributed by atoms with Crippen LogP contribution in [0.5, 0.6) is 0 Å². The smallest absolute Gasteiger partial charge is 0.335 e. The van der Waals surface area contributed by atoms with Gasteiger partial charge in [-0.2, -0.15) is 0 Å². The van der Waals surface area contributed by atoms with Crippen LogP contribution < -0.4 is 0 Å². The van der Waals surface area contributed by atoms with Crippen LogP contribution in [0.1, 0.15) is 41.3 Å². The molecule has 4 nitrogen and oxygen atoms in total. The Balaban J connectivity index is 1.60. The Morgan fingerprint density at radius 2 is 1.82 bits per heavy atom. The van der Waals surface area contributed by atoms with Gasteiger partial charge < -0.3 is 10.0 Å². The second-order valence-electron chi connectivity index (χ2n) is 7.05. The summed E-state index contributed by atoms with van der Waals surface area (Å²) in [6.45, 7) is 2.72. The molecule has 1 aliphatic heterocycles. The van der Waals surface area contributed by atoms with Gasteiger partial charge in [-0.1, -0.05) is 60.7 Å². The molecular weight excluding hydrogens is 350 g/mol. The molecule has 0 saturated carbocycles. The average Bonchev–Trinajstić information content (AvgIpc) is 3.06. The van der Waals surface area contributed by atoms with E-state index in [2.05, 4.69) is 31.2 Å². The number of benzene rings is 2. The highest BCUT2D eigenvalue weighted by atomic mass is 16.4. The summed E-state index contributed by atoms with van der Waals surface area (Å²) in [4.78, 5) is 25.1. The molecule has 1 aliphatic rings. The molecule has 0 spiro atoms. The molecule has 1 amide bonds. The number of allylic oxidation sites excluding steroid dienone is 3. The topological polar surface area (TPSA) is 57.6 Å². The minimum absolute atomic E-state index is 0.116. The molecule has 0 bridgehead atoms. The zero-order valence-corrected chi connectivity index (χ0v) is 16.0. The molecule has 4 heteroatoms. The third-order valence-electron chi connectivity index (χ3n) is 5.13. The molecular formula is C24H25NO3. The van der Waals surface area contributed by atoms with Gasteiger partial charge in [-0.05, 0) is 48.6 Å². The summed E-state index contributed by atoms with van der Waals surface area (Å²) < 4.78 is 0. The fourth-order valence-corrected chi connectivity index (χ4v) is 3.44. The maximum Gasteiger partial charge on any atom is 0.335 e. The van der Waals surface area contributed by atoms with E-state index in [9.17, 15) is 9.59 Å². The lowest BCUT2D eigenvalue weighted by molar-refractivity contribution is -0.128. The molecule has 2 aromatic rings. The van der Waals surface area contributed by atoms with Gasteiger partial charge >= 0.3 is 5.97 Å². The molecule has 2 aromatic carbocycles. The zero-order valence-electron chi connectivity index (χ0n) is 16.0. The van der Waals surface area contributed by atoms with Crippen molar-refractivity contribution in [1.82, 2.24) is 4.90 Å². The Morgan fingerprint density at radius 1 is 1.11 bits per heavy atom. The summed E-state index contributed by atoms with van der Waals surface area (Å²) >= 11 is 0. The summed E-state index contributed by atoms with van der Waals surface area (Å²) in [6, 6.07) is 17.2. The zero-order chi connectivity index (χ0) is 19.9. The van der Waals surface area contributed by atoms with E-state index in [1.165, 1.54) is 11.1 Å². The third kappa shape index (κ3) is 4.97. The lowest BCUT2D eigenvalue weighted by atomic mass is 10.1. The molecule has 1 heterocycles. The van der Waals surface area contributed by atoms with E-state index in [0.29, 0.717) is 13.0 Å². The van der Waals surface area contributed by atoms with Crippen LogP contribution in [-0.4, -0.2) is 34.5 Å². The number of carboxylic acids is 1. The highest BCUT2D eigenvalue weighted by Gasteiger charge is 2.28. The molecule has 144 valence electrons. The van der Waals surface area contributed by atoms with Crippen molar-refractivity contribution in [1.29, 1.82) is 0 Å². The summed E-state index contributed by atoms with van der Waals surface area (Å²) in [5.74, 6) is -0.745. The quantitative estimate of drug-likeness (QED) is 0.721. The number of rotatable bonds is 7. The first-order chi connectivity index (χ1) is 13.5. The predicted octanol–water partition coefficient (Wildman–Crippen LogP) is 4.58. The summed E-state index contributed by atoms with van der Waals surface area (Å²) in [6.07, 6.45) is 8.36. The third-order valence-corrected chi connectivity index (χ3v) is 5.13. The van der Waals surface area contributed by atoms with Crippen LogP contribution >= 0.6 is 0 Å². The van der Waals surface area contributed by atoms with Gasteiger partial charge in [0.2, 0.25) is 5.91 Å². The van der Waals surface area contributed by atoms with Gasteiger partial charge in [-0.15, -0.1) is 0 Å². The van der Waals surface area contributed by atoms with Gasteiger partial charge in [0, 0.05) is 13.0 Å². The van der Waals surface area contributed by atoms with Gasteiger partial charge in [0.15, 0.2) is 0 Å². The van der Waals surface area contributed by atoms with Crippen LogP contribution in [0, 0.1) is 0 Å². The van der Waals surface area contributed by atoms with Crippen molar-refractivity contribution < 1.29 is 14.7 Å². The van der Waals surface area contributed by atoms with Gasteiger partial charge in [-0.25, -0.2) is 4.79 Å². The number of carbonyl (C=O) groups excluding carboxylic acids is 1. The molecule has 0 aromatic heterocycles. The van der Waals surface area contributed by atoms with Crippen LogP contribution in [0.3, 0.4) is 0 Å². The van der Waals surface area contributed by atoms with Gasteiger partial charge in [0.1, 0.15) is 0 Å². The summed E-state index contributed by atoms with van der Waals surface area (Å²) in [5, 5.41) is 8.98. The van der Waals surface area contributed by atoms with E-state index >= 15 is 0 Å². The van der Waals surface area contributed by atoms with Crippen molar-refractivity contribution in [2.24, 2.45) is 0 Å². The van der Waals surface area contributed by atoms with Crippen molar-refractivity contribution >= 4 is 17.4 Å². The van der Waals surface area contributed by atoms with E-state index in [-0.39, 0.29) is 17.5 Å². The summed E-state index contributed by atoms with van der Waals surface area (Å²) in [7, 11) is 0. The first kappa shape index (κ1) is 19.6. The SMILES string of the molecule is CC(=CC=C[C@H]1CCC(=O)N1CCc1ccc(C(=O)O)cc1)c1ccccc1. The van der Waals surface area contributed by atoms with Gasteiger partial charge in [-0.3, -0.25) is 4.79 Å². The Hall–Kier alpha value is -3.14. The van der Waals surface area contributed by atoms with E-state index in [1.54, 1.807) is 12.1 Å². The van der Waals surface area contributed by atoms with Crippen LogP contribution in [0.2, 0.25) is 0 Å². The van der Waals surface area contributed by atoms with Gasteiger partial charge in [0.25, 0.3) is 0 Å². The van der Waals surface area contributed by atoms with E-state index in [4.69, 9.17) is 5.11 Å². The molecule has 1 atom stereocenters. The predicted molar refractivity (Wildman–Crippen MR) is 111 cm³/mol. The molecule has 0 unspecified atom stereocenters. The maximum atomic E-state index is 12.3. The van der Waals surface area contributed by atoms with Crippen LogP contribution in [0.15, 0.2) is 72.8 Å². The van der Waals surface area contributed by atoms with Crippen molar-refractivity contribution in [2.45, 2.75) is 32.2 Å². The van der Waals surface area contributed by atoms with Crippen LogP contribution in [0.25, 0.3) is 5.57 Å². The molecule has 1 fully saturated rings. The minimum atomic E-state index is -0.926. The lowest BCUT2D eigenvalue weighted by Crippen LogP contribution is -2.33. The number of hydrogen-bond acceptors (Lipinski definition) is 2. The number of likely N-dealkylation sites (tertiary alicyclic amines) is 1. The molecule has 1 N–H and O–H groups in total. The standard InChI is InChI=1S/C24H25NO3/c1-18(20-7-3-2-4-8-20)6-5-9-22-14-15-23(26)25(22)17-16-19-10-12-21(13-11-19)24(27)28/h2-13,22H,14-17H2,1H3,(H,27,28)/t22-/m0/s1. The van der Waals surface area contributed by atoms with Crippen molar-refractivity contribution in [2.75, 3.05) is 6.54 Å². The number of carboxylic acid groups (broad SMARTS) is 1. The first-order valence-electron chi connectivity index (χ1n) is 9.57. The molecule has 3 rings (SSSR count). The Morgan fingerprint density at radius 3 is 2.50 bits per heavy atom. The minimum Gasteiger partial charge on any atom is -0.478 e. The Kier molecular flexibility index (Phi) is 6.43. The second-order valence-corrected chi connectivity index (χ2v) is 7.05. The van der Waals surface area contributed by atoms with Crippen molar-refractivity contribution in [3.05, 3.63) is 89.5 Å². The Labute approximate surface area is 165 Å². The number of amides is 1. The maximum absolute atomic E-state index is 12.3. The number of hydrogen-bond donors (Lipinski definition) is 1. The first-order valence-corrected chi connectivity index (χ1v) is 9.57. The number of carbonyl (C=O) groups is 2. The monoisotopic (exact) mass is 375 g/mol. The number of aromatic carboxylic acids is 1. The van der Waals surface area contributed by atoms with E-state index < -0.39 is 5.97 Å². The van der Waals surface area contributed by atoms with Gasteiger partial charge in [0.05, 0.1) is 11.6 Å². The van der Waals surface area contributed by atoms with Crippen LogP contribution in [0.4, 0.5) is 0 Å². The highest BCUT2D eigenvalue weighted by Crippen LogP contribution is 2.21. The Bertz CT molecular complexity index is 882.